The highest BCUT2D eigenvalue weighted by Crippen LogP contribution is 2.36. The van der Waals surface area contributed by atoms with Gasteiger partial charge in [0.15, 0.2) is 10.3 Å². The highest BCUT2D eigenvalue weighted by Gasteiger charge is 2.34. The molecule has 10 rings (SSSR count). The zero-order valence-electron chi connectivity index (χ0n) is 80.2. The van der Waals surface area contributed by atoms with Crippen molar-refractivity contribution in [2.45, 2.75) is 140 Å². The zero-order chi connectivity index (χ0) is 93.8. The molecule has 96 heavy (non-hydrogen) atoms. The van der Waals surface area contributed by atoms with E-state index >= 15 is 4.79 Å². The van der Waals surface area contributed by atoms with Gasteiger partial charge in [0.05, 0.1) is 36.3 Å². The molecule has 1 unspecified atom stereocenters. The number of fused-ring (bicyclic) bond motifs is 2. The molecular weight excluding hydrogens is 1280 g/mol. The van der Waals surface area contributed by atoms with Crippen LogP contribution in [-0.4, -0.2) is 103 Å². The Morgan fingerprint density at radius 2 is 1.11 bits per heavy atom. The lowest BCUT2D eigenvalue weighted by Gasteiger charge is -2.33. The van der Waals surface area contributed by atoms with Crippen molar-refractivity contribution in [3.8, 4) is 22.3 Å². The number of halogens is 8. The van der Waals surface area contributed by atoms with Crippen molar-refractivity contribution in [2.24, 2.45) is 0 Å². The second kappa shape index (κ2) is 32.9. The van der Waals surface area contributed by atoms with Crippen LogP contribution in [0.2, 0.25) is 0 Å². The first-order chi connectivity index (χ1) is 56.4. The molecule has 508 valence electrons. The second-order valence-corrected chi connectivity index (χ2v) is 22.8. The molecule has 2 aliphatic carbocycles. The van der Waals surface area contributed by atoms with E-state index < -0.39 is 236 Å². The van der Waals surface area contributed by atoms with Crippen molar-refractivity contribution < 1.29 is 83.1 Å². The van der Waals surface area contributed by atoms with E-state index in [1.54, 1.807) is 0 Å². The Kier molecular flexibility index (Phi) is 14.9. The highest BCUT2D eigenvalue weighted by molar-refractivity contribution is 7.98. The van der Waals surface area contributed by atoms with Crippen LogP contribution in [-0.2, 0) is 78.5 Å². The maximum atomic E-state index is 15.0. The largest absolute Gasteiger partial charge is 0.416 e. The summed E-state index contributed by atoms with van der Waals surface area (Å²) in [6, 6.07) is 8.63. The van der Waals surface area contributed by atoms with E-state index in [0.717, 1.165) is 94.3 Å². The predicted octanol–water partition coefficient (Wildman–Crippen LogP) is 15.3. The molecule has 22 heteroatoms. The first-order valence-electron chi connectivity index (χ1n) is 43.3. The third-order valence-electron chi connectivity index (χ3n) is 14.8. The van der Waals surface area contributed by atoms with Gasteiger partial charge in [-0.2, -0.15) is 36.3 Å². The normalized spacial score (nSPS) is 20.4. The van der Waals surface area contributed by atoms with Gasteiger partial charge in [0.25, 0.3) is 11.1 Å². The van der Waals surface area contributed by atoms with E-state index in [1.165, 1.54) is 60.7 Å². The number of carbonyl (C=O) groups excluding carboxylic acids is 2. The number of aromatic nitrogens is 4. The number of nitrogens with zero attached hydrogens (tertiary/aromatic N) is 8. The molecule has 6 aromatic carbocycles. The third kappa shape index (κ3) is 18.6. The SMILES string of the molecule is [2H]C([2H])(C)N(CCN(C(=O)C([2H])([2H])n1c(SCc2ccc(F)cc2)nc(=O)c2c1C([2H])([2H])C([2H])([2H])C2([2H])[2H])C([2H])(C)c1ccc(-c2ccc(C(F)(F)F)cc2)cc1)C([2H])([2H])C.[2H]c1c([2H])c(C([2H])([2H])N(CCN(C([2H])([2H])C)C([2H])([2H])C)C(=O)C([2H])([2H])n2c(SCc3ccc(F)cc3)nc(=O)c3c2CCC3)c([2H])c([2H])c1-c1c([2H])c([2H])c(C(F)(F)F)c(C)c1[2H]. The molecule has 0 saturated carbocycles. The molecule has 2 heterocycles. The molecule has 0 aliphatic heterocycles. The third-order valence-corrected chi connectivity index (χ3v) is 16.9. The van der Waals surface area contributed by atoms with Crippen LogP contribution < -0.4 is 11.1 Å². The molecule has 0 spiro atoms. The topological polar surface area (TPSA) is 117 Å². The first kappa shape index (κ1) is 43.4. The molecule has 0 N–H and O–H groups in total. The number of alkyl halides is 6. The summed E-state index contributed by atoms with van der Waals surface area (Å²) in [6.45, 7) is -18.0. The maximum Gasteiger partial charge on any atom is 0.416 e. The Morgan fingerprint density at radius 3 is 1.66 bits per heavy atom. The first-order valence-corrected chi connectivity index (χ1v) is 31.3. The molecule has 12 nitrogen and oxygen atoms in total. The van der Waals surface area contributed by atoms with Gasteiger partial charge in [-0.05, 0) is 171 Å². The lowest BCUT2D eigenvalue weighted by atomic mass is 9.98. The smallest absolute Gasteiger partial charge is 0.336 e. The molecule has 1 atom stereocenters. The molecular formula is C74H80F8N8O4S2. The number of rotatable bonds is 26. The second-order valence-electron chi connectivity index (χ2n) is 21.0. The quantitative estimate of drug-likeness (QED) is 0.0295. The lowest BCUT2D eigenvalue weighted by molar-refractivity contribution is -0.138. The minimum atomic E-state index is -5.20. The molecule has 0 bridgehead atoms. The Hall–Kier alpha value is -7.92. The van der Waals surface area contributed by atoms with Gasteiger partial charge in [-0.25, -0.2) is 8.78 Å². The standard InChI is InChI=1S/2C37H40F4N4O2S/c1-4-43(5-2)21-22-44(25(3)27-11-13-28(14-12-27)29-15-17-30(18-16-29)37(39,40)41)34(46)23-45-33-8-6-7-32(33)35(47)42-36(45)48-24-26-9-19-31(38)20-10-26;1-4-43(5-2)19-20-44(22-26-9-13-28(14-10-26)29-15-18-32(25(3)21-29)37(39,40)41)34(46)23-45-33-8-6-7-31(33)35(47)42-36(45)48-24-27-11-16-30(38)17-12-27/h9-20,25H,4-8,21-24H2,1-3H3;9-18,21H,4-8,19-20,22-24H2,1-3H3/i4D2,5D2,6D2,7D2,8D2,23D2,25D;4D2,5D2,9D,10D,13D,14D,15D,18D,21D,22D2,23D2. The van der Waals surface area contributed by atoms with Gasteiger partial charge in [0.1, 0.15) is 24.6 Å². The van der Waals surface area contributed by atoms with Crippen LogP contribution in [0.3, 0.4) is 0 Å². The average molecular weight is 1390 g/mol. The van der Waals surface area contributed by atoms with Gasteiger partial charge in [-0.15, -0.1) is 0 Å². The monoisotopic (exact) mass is 1390 g/mol. The molecule has 2 aliphatic rings. The van der Waals surface area contributed by atoms with Crippen LogP contribution in [0.15, 0.2) is 159 Å². The molecule has 0 fully saturated rings. The summed E-state index contributed by atoms with van der Waals surface area (Å²) in [7, 11) is 0. The van der Waals surface area contributed by atoms with Gasteiger partial charge in [-0.1, -0.05) is 148 Å². The summed E-state index contributed by atoms with van der Waals surface area (Å²) < 4.78 is 354. The lowest BCUT2D eigenvalue weighted by Crippen LogP contribution is -2.42. The van der Waals surface area contributed by atoms with E-state index in [4.69, 9.17) is 28.8 Å². The summed E-state index contributed by atoms with van der Waals surface area (Å²) in [5.41, 5.74) is -9.39. The Bertz CT molecular complexity index is 5450. The predicted molar refractivity (Wildman–Crippen MR) is 363 cm³/mol. The van der Waals surface area contributed by atoms with E-state index in [0.29, 0.717) is 55.1 Å². The van der Waals surface area contributed by atoms with Crippen LogP contribution in [0.4, 0.5) is 35.1 Å². The summed E-state index contributed by atoms with van der Waals surface area (Å²) in [4.78, 5) is 66.6. The van der Waals surface area contributed by atoms with Crippen molar-refractivity contribution in [2.75, 3.05) is 52.2 Å². The number of likely N-dealkylation sites (N-methyl/N-ethyl adjacent to an activating group) is 2. The number of carbonyl (C=O) groups is 2. The van der Waals surface area contributed by atoms with Gasteiger partial charge in [0.2, 0.25) is 11.8 Å². The number of hydrogen-bond acceptors (Lipinski definition) is 10. The van der Waals surface area contributed by atoms with E-state index in [1.807, 2.05) is 0 Å². The fourth-order valence-corrected chi connectivity index (χ4v) is 11.6. The number of amides is 2. The van der Waals surface area contributed by atoms with E-state index in [2.05, 4.69) is 9.97 Å². The van der Waals surface area contributed by atoms with Crippen molar-refractivity contribution in [3.05, 3.63) is 233 Å². The van der Waals surface area contributed by atoms with Crippen molar-refractivity contribution in [1.29, 1.82) is 0 Å². The zero-order valence-corrected chi connectivity index (χ0v) is 53.8. The minimum Gasteiger partial charge on any atom is -0.336 e. The fourth-order valence-electron chi connectivity index (χ4n) is 9.74. The summed E-state index contributed by atoms with van der Waals surface area (Å²) in [5, 5.41) is -1.07. The molecule has 8 aromatic rings. The van der Waals surface area contributed by atoms with Crippen LogP contribution >= 0.6 is 23.5 Å². The highest BCUT2D eigenvalue weighted by atomic mass is 32.2. The van der Waals surface area contributed by atoms with E-state index in [9.17, 15) is 59.1 Å². The van der Waals surface area contributed by atoms with Crippen molar-refractivity contribution in [3.63, 3.8) is 0 Å². The van der Waals surface area contributed by atoms with Crippen LogP contribution in [0, 0.1) is 18.6 Å². The Morgan fingerprint density at radius 1 is 0.604 bits per heavy atom. The summed E-state index contributed by atoms with van der Waals surface area (Å²) in [5.74, 6) is -4.83. The van der Waals surface area contributed by atoms with Gasteiger partial charge in [-0.3, -0.25) is 19.2 Å². The molecule has 0 saturated heterocycles. The van der Waals surface area contributed by atoms with Gasteiger partial charge >= 0.3 is 12.4 Å². The fraction of sp³-hybridized carbons (Fsp3) is 0.378. The molecule has 2 aromatic heterocycles. The van der Waals surface area contributed by atoms with Crippen molar-refractivity contribution >= 4 is 35.3 Å². The Labute approximate surface area is 603 Å². The maximum absolute atomic E-state index is 15.0. The van der Waals surface area contributed by atoms with Crippen molar-refractivity contribution in [1.82, 2.24) is 38.7 Å². The van der Waals surface area contributed by atoms with Crippen LogP contribution in [0.1, 0.15) is 153 Å². The molecule has 2 amide bonds. The Balaban J connectivity index is 0.000000281. The molecule has 0 radical (unpaired) electrons. The minimum absolute atomic E-state index is 0.0258. The van der Waals surface area contributed by atoms with Gasteiger partial charge in [0, 0.05) is 85.9 Å². The average Bonchev–Trinajstić information content (AvgIpc) is 1.51. The number of benzene rings is 6. The summed E-state index contributed by atoms with van der Waals surface area (Å²) >= 11 is 1.35. The van der Waals surface area contributed by atoms with Gasteiger partial charge < -0.3 is 28.7 Å². The van der Waals surface area contributed by atoms with Crippen LogP contribution in [0.25, 0.3) is 22.3 Å². The van der Waals surface area contributed by atoms with E-state index in [-0.39, 0.29) is 55.8 Å². The van der Waals surface area contributed by atoms with Crippen LogP contribution in [0.5, 0.6) is 0 Å². The number of thioether (sulfide) groups is 2. The summed E-state index contributed by atoms with van der Waals surface area (Å²) in [6.07, 6.45) is -19.7. The number of hydrogen-bond donors (Lipinski definition) is 0.